The van der Waals surface area contributed by atoms with E-state index >= 15 is 0 Å². The molecule has 0 bridgehead atoms. The van der Waals surface area contributed by atoms with Gasteiger partial charge in [-0.3, -0.25) is 0 Å². The molecule has 1 heterocycles. The number of nitrogens with one attached hydrogen (secondary N) is 1. The standard InChI is InChI=1S/C19H19N3O3S/c1-14-3-9-18(10-4-14)26(23,24)22-12-16-11-19(21-13-20-16)15-5-7-17(25-2)8-6-15/h3-11,13,22H,12H2,1-2H3. The number of sulfonamides is 1. The Bertz CT molecular complexity index is 985. The minimum atomic E-state index is -3.59. The van der Waals surface area contributed by atoms with Crippen LogP contribution in [-0.4, -0.2) is 25.5 Å². The first-order valence-corrected chi connectivity index (χ1v) is 9.48. The molecule has 0 aliphatic rings. The van der Waals surface area contributed by atoms with Gasteiger partial charge in [0.1, 0.15) is 12.1 Å². The Hall–Kier alpha value is -2.77. The van der Waals surface area contributed by atoms with Crippen molar-refractivity contribution < 1.29 is 13.2 Å². The van der Waals surface area contributed by atoms with E-state index in [1.54, 1.807) is 37.4 Å². The molecule has 2 aromatic carbocycles. The van der Waals surface area contributed by atoms with E-state index in [9.17, 15) is 8.42 Å². The molecule has 1 aromatic heterocycles. The number of aryl methyl sites for hydroxylation is 1. The van der Waals surface area contributed by atoms with Crippen LogP contribution >= 0.6 is 0 Å². The number of hydrogen-bond acceptors (Lipinski definition) is 5. The molecule has 7 heteroatoms. The van der Waals surface area contributed by atoms with Crippen molar-refractivity contribution in [1.29, 1.82) is 0 Å². The van der Waals surface area contributed by atoms with Crippen LogP contribution in [0.5, 0.6) is 5.75 Å². The lowest BCUT2D eigenvalue weighted by Gasteiger charge is -2.08. The topological polar surface area (TPSA) is 81.2 Å². The number of hydrogen-bond donors (Lipinski definition) is 1. The van der Waals surface area contributed by atoms with E-state index in [4.69, 9.17) is 4.74 Å². The van der Waals surface area contributed by atoms with Crippen LogP contribution in [0, 0.1) is 6.92 Å². The monoisotopic (exact) mass is 369 g/mol. The summed E-state index contributed by atoms with van der Waals surface area (Å²) in [5.41, 5.74) is 3.20. The Morgan fingerprint density at radius 3 is 2.35 bits per heavy atom. The average molecular weight is 369 g/mol. The quantitative estimate of drug-likeness (QED) is 0.722. The smallest absolute Gasteiger partial charge is 0.240 e. The van der Waals surface area contributed by atoms with Crippen molar-refractivity contribution in [1.82, 2.24) is 14.7 Å². The second-order valence-electron chi connectivity index (χ2n) is 5.76. The maximum absolute atomic E-state index is 12.4. The summed E-state index contributed by atoms with van der Waals surface area (Å²) in [4.78, 5) is 8.62. The minimum Gasteiger partial charge on any atom is -0.497 e. The highest BCUT2D eigenvalue weighted by Crippen LogP contribution is 2.20. The minimum absolute atomic E-state index is 0.0852. The lowest BCUT2D eigenvalue weighted by molar-refractivity contribution is 0.415. The molecule has 0 fully saturated rings. The van der Waals surface area contributed by atoms with Gasteiger partial charge in [-0.15, -0.1) is 0 Å². The predicted molar refractivity (Wildman–Crippen MR) is 99.2 cm³/mol. The summed E-state index contributed by atoms with van der Waals surface area (Å²) in [6, 6.07) is 15.9. The maximum atomic E-state index is 12.4. The fourth-order valence-corrected chi connectivity index (χ4v) is 3.38. The molecular weight excluding hydrogens is 350 g/mol. The van der Waals surface area contributed by atoms with Crippen molar-refractivity contribution in [2.45, 2.75) is 18.4 Å². The Labute approximate surface area is 153 Å². The van der Waals surface area contributed by atoms with E-state index in [1.807, 2.05) is 31.2 Å². The largest absolute Gasteiger partial charge is 0.497 e. The van der Waals surface area contributed by atoms with Crippen LogP contribution in [0.15, 0.2) is 65.8 Å². The first-order valence-electron chi connectivity index (χ1n) is 7.99. The van der Waals surface area contributed by atoms with Gasteiger partial charge in [-0.2, -0.15) is 0 Å². The molecule has 1 N–H and O–H groups in total. The third-order valence-electron chi connectivity index (χ3n) is 3.88. The normalized spacial score (nSPS) is 11.3. The van der Waals surface area contributed by atoms with E-state index in [0.717, 1.165) is 16.9 Å². The van der Waals surface area contributed by atoms with Crippen molar-refractivity contribution in [3.05, 3.63) is 72.2 Å². The van der Waals surface area contributed by atoms with Crippen LogP contribution < -0.4 is 9.46 Å². The van der Waals surface area contributed by atoms with Crippen LogP contribution in [0.2, 0.25) is 0 Å². The van der Waals surface area contributed by atoms with Crippen LogP contribution in [0.4, 0.5) is 0 Å². The van der Waals surface area contributed by atoms with Gasteiger partial charge in [0.05, 0.1) is 29.9 Å². The molecule has 3 rings (SSSR count). The molecule has 134 valence electrons. The van der Waals surface area contributed by atoms with E-state index in [1.165, 1.54) is 6.33 Å². The summed E-state index contributed by atoms with van der Waals surface area (Å²) in [7, 11) is -1.98. The van der Waals surface area contributed by atoms with Gasteiger partial charge in [-0.25, -0.2) is 23.1 Å². The summed E-state index contributed by atoms with van der Waals surface area (Å²) in [5.74, 6) is 0.758. The second kappa shape index (κ2) is 7.63. The summed E-state index contributed by atoms with van der Waals surface area (Å²) in [6.07, 6.45) is 1.43. The molecular formula is C19H19N3O3S. The van der Waals surface area contributed by atoms with Crippen LogP contribution in [0.1, 0.15) is 11.3 Å². The molecule has 0 spiro atoms. The Morgan fingerprint density at radius 2 is 1.69 bits per heavy atom. The first kappa shape index (κ1) is 18.0. The van der Waals surface area contributed by atoms with Gasteiger partial charge in [-0.05, 0) is 49.4 Å². The van der Waals surface area contributed by atoms with Crippen LogP contribution in [0.3, 0.4) is 0 Å². The second-order valence-corrected chi connectivity index (χ2v) is 7.53. The molecule has 26 heavy (non-hydrogen) atoms. The summed E-state index contributed by atoms with van der Waals surface area (Å²) in [5, 5.41) is 0. The highest BCUT2D eigenvalue weighted by molar-refractivity contribution is 7.89. The molecule has 0 unspecified atom stereocenters. The van der Waals surface area contributed by atoms with Crippen molar-refractivity contribution in [3.63, 3.8) is 0 Å². The summed E-state index contributed by atoms with van der Waals surface area (Å²) >= 11 is 0. The van der Waals surface area contributed by atoms with E-state index in [0.29, 0.717) is 11.4 Å². The van der Waals surface area contributed by atoms with E-state index in [2.05, 4.69) is 14.7 Å². The average Bonchev–Trinajstić information content (AvgIpc) is 2.67. The summed E-state index contributed by atoms with van der Waals surface area (Å²) < 4.78 is 32.5. The van der Waals surface area contributed by atoms with Gasteiger partial charge < -0.3 is 4.74 Å². The van der Waals surface area contributed by atoms with Gasteiger partial charge in [0.25, 0.3) is 0 Å². The molecule has 0 saturated carbocycles. The number of ether oxygens (including phenoxy) is 1. The van der Waals surface area contributed by atoms with Gasteiger partial charge >= 0.3 is 0 Å². The maximum Gasteiger partial charge on any atom is 0.240 e. The van der Waals surface area contributed by atoms with Crippen molar-refractivity contribution in [2.24, 2.45) is 0 Å². The lowest BCUT2D eigenvalue weighted by atomic mass is 10.1. The van der Waals surface area contributed by atoms with Crippen molar-refractivity contribution in [2.75, 3.05) is 7.11 Å². The first-order chi connectivity index (χ1) is 12.5. The highest BCUT2D eigenvalue weighted by atomic mass is 32.2. The van der Waals surface area contributed by atoms with Gasteiger partial charge in [-0.1, -0.05) is 17.7 Å². The number of nitrogens with zero attached hydrogens (tertiary/aromatic N) is 2. The zero-order chi connectivity index (χ0) is 18.6. The Morgan fingerprint density at radius 1 is 1.00 bits per heavy atom. The van der Waals surface area contributed by atoms with Crippen LogP contribution in [0.25, 0.3) is 11.3 Å². The van der Waals surface area contributed by atoms with E-state index < -0.39 is 10.0 Å². The van der Waals surface area contributed by atoms with Crippen molar-refractivity contribution >= 4 is 10.0 Å². The highest BCUT2D eigenvalue weighted by Gasteiger charge is 2.14. The SMILES string of the molecule is COc1ccc(-c2cc(CNS(=O)(=O)c3ccc(C)cc3)ncn2)cc1. The third kappa shape index (κ3) is 4.25. The third-order valence-corrected chi connectivity index (χ3v) is 5.30. The molecule has 0 atom stereocenters. The van der Waals surface area contributed by atoms with Gasteiger partial charge in [0, 0.05) is 5.56 Å². The summed E-state index contributed by atoms with van der Waals surface area (Å²) in [6.45, 7) is 1.99. The molecule has 0 aliphatic carbocycles. The lowest BCUT2D eigenvalue weighted by Crippen LogP contribution is -2.23. The zero-order valence-electron chi connectivity index (χ0n) is 14.5. The molecule has 0 saturated heterocycles. The van der Waals surface area contributed by atoms with E-state index in [-0.39, 0.29) is 11.4 Å². The van der Waals surface area contributed by atoms with Gasteiger partial charge in [0.2, 0.25) is 10.0 Å². The number of aromatic nitrogens is 2. The number of rotatable bonds is 6. The van der Waals surface area contributed by atoms with Crippen LogP contribution in [-0.2, 0) is 16.6 Å². The molecule has 6 nitrogen and oxygen atoms in total. The molecule has 0 radical (unpaired) electrons. The Kier molecular flexibility index (Phi) is 5.29. The molecule has 0 aliphatic heterocycles. The fourth-order valence-electron chi connectivity index (χ4n) is 2.38. The number of benzene rings is 2. The molecule has 0 amide bonds. The fraction of sp³-hybridized carbons (Fsp3) is 0.158. The zero-order valence-corrected chi connectivity index (χ0v) is 15.3. The number of methoxy groups -OCH3 is 1. The predicted octanol–water partition coefficient (Wildman–Crippen LogP) is 2.94. The molecule has 3 aromatic rings. The Balaban J connectivity index is 1.75. The van der Waals surface area contributed by atoms with Gasteiger partial charge in [0.15, 0.2) is 0 Å². The van der Waals surface area contributed by atoms with Crippen molar-refractivity contribution in [3.8, 4) is 17.0 Å².